The van der Waals surface area contributed by atoms with Crippen molar-refractivity contribution in [1.29, 1.82) is 0 Å². The van der Waals surface area contributed by atoms with Crippen LogP contribution in [0.2, 0.25) is 0 Å². The summed E-state index contributed by atoms with van der Waals surface area (Å²) in [6.45, 7) is 0. The van der Waals surface area contributed by atoms with Crippen molar-refractivity contribution in [3.63, 3.8) is 0 Å². The number of esters is 2. The Bertz CT molecular complexity index is 1010. The number of hydrogen-bond donors (Lipinski definition) is 1. The van der Waals surface area contributed by atoms with Gasteiger partial charge in [0.15, 0.2) is 11.6 Å². The Kier molecular flexibility index (Phi) is 4.85. The molecule has 0 aliphatic heterocycles. The van der Waals surface area contributed by atoms with E-state index in [0.717, 1.165) is 6.08 Å². The van der Waals surface area contributed by atoms with E-state index in [-0.39, 0.29) is 28.4 Å². The molecule has 0 bridgehead atoms. The lowest BCUT2D eigenvalue weighted by molar-refractivity contribution is -0.138. The molecule has 27 heavy (non-hydrogen) atoms. The monoisotopic (exact) mass is 365 g/mol. The van der Waals surface area contributed by atoms with Gasteiger partial charge in [-0.05, 0) is 18.2 Å². The maximum Gasteiger partial charge on any atom is 0.354 e. The Morgan fingerprint density at radius 1 is 0.852 bits per heavy atom. The molecule has 0 heterocycles. The van der Waals surface area contributed by atoms with Gasteiger partial charge in [0.25, 0.3) is 0 Å². The van der Waals surface area contributed by atoms with Gasteiger partial charge in [-0.15, -0.1) is 0 Å². The molecule has 0 fully saturated rings. The van der Waals surface area contributed by atoms with E-state index in [0.29, 0.717) is 16.8 Å². The molecule has 2 aromatic carbocycles. The van der Waals surface area contributed by atoms with E-state index in [4.69, 9.17) is 0 Å². The second-order valence-corrected chi connectivity index (χ2v) is 5.66. The number of hydrogen-bond acceptors (Lipinski definition) is 7. The molecule has 1 aliphatic carbocycles. The van der Waals surface area contributed by atoms with Gasteiger partial charge in [0, 0.05) is 27.9 Å². The zero-order chi connectivity index (χ0) is 19.6. The molecule has 0 amide bonds. The van der Waals surface area contributed by atoms with E-state index in [2.05, 4.69) is 14.8 Å². The van der Waals surface area contributed by atoms with Crippen molar-refractivity contribution >= 4 is 29.2 Å². The minimum Gasteiger partial charge on any atom is -0.466 e. The van der Waals surface area contributed by atoms with E-state index in [9.17, 15) is 19.2 Å². The first-order valence-electron chi connectivity index (χ1n) is 7.93. The molecule has 3 rings (SSSR count). The number of carbonyl (C=O) groups is 4. The molecular formula is C20H15NO6. The molecule has 7 heteroatoms. The number of methoxy groups -OCH3 is 2. The van der Waals surface area contributed by atoms with Gasteiger partial charge in [0.2, 0.25) is 0 Å². The fraction of sp³-hybridized carbons (Fsp3) is 0.100. The van der Waals surface area contributed by atoms with Crippen LogP contribution in [-0.4, -0.2) is 37.7 Å². The van der Waals surface area contributed by atoms with Crippen molar-refractivity contribution in [1.82, 2.24) is 0 Å². The fourth-order valence-electron chi connectivity index (χ4n) is 2.77. The fourth-order valence-corrected chi connectivity index (χ4v) is 2.77. The predicted octanol–water partition coefficient (Wildman–Crippen LogP) is 2.10. The van der Waals surface area contributed by atoms with Gasteiger partial charge < -0.3 is 14.8 Å². The topological polar surface area (TPSA) is 98.8 Å². The Balaban J connectivity index is 2.00. The summed E-state index contributed by atoms with van der Waals surface area (Å²) in [7, 11) is 2.34. The Morgan fingerprint density at radius 3 is 2.04 bits per heavy atom. The third kappa shape index (κ3) is 3.35. The maximum absolute atomic E-state index is 12.7. The second kappa shape index (κ2) is 7.25. The molecule has 0 unspecified atom stereocenters. The molecule has 7 nitrogen and oxygen atoms in total. The van der Waals surface area contributed by atoms with Crippen LogP contribution in [0.25, 0.3) is 0 Å². The van der Waals surface area contributed by atoms with Gasteiger partial charge >= 0.3 is 11.9 Å². The summed E-state index contributed by atoms with van der Waals surface area (Å²) in [6, 6.07) is 11.1. The van der Waals surface area contributed by atoms with E-state index >= 15 is 0 Å². The lowest BCUT2D eigenvalue weighted by Crippen LogP contribution is -2.21. The number of ether oxygens (including phenoxy) is 2. The molecular weight excluding hydrogens is 350 g/mol. The highest BCUT2D eigenvalue weighted by molar-refractivity contribution is 6.28. The molecule has 0 radical (unpaired) electrons. The van der Waals surface area contributed by atoms with E-state index < -0.39 is 11.9 Å². The molecule has 0 saturated heterocycles. The quantitative estimate of drug-likeness (QED) is 0.558. The summed E-state index contributed by atoms with van der Waals surface area (Å²) in [4.78, 5) is 48.7. The number of benzene rings is 2. The van der Waals surface area contributed by atoms with Gasteiger partial charge in [0.05, 0.1) is 20.3 Å². The Hall–Kier alpha value is -3.74. The number of fused-ring (bicyclic) bond motifs is 2. The zero-order valence-corrected chi connectivity index (χ0v) is 14.6. The van der Waals surface area contributed by atoms with Crippen molar-refractivity contribution in [2.45, 2.75) is 0 Å². The van der Waals surface area contributed by atoms with Crippen molar-refractivity contribution in [3.05, 3.63) is 76.5 Å². The smallest absolute Gasteiger partial charge is 0.354 e. The first-order chi connectivity index (χ1) is 13.0. The molecule has 0 spiro atoms. The standard InChI is InChI=1S/C20H15NO6/c1-26-17(22)10-16(20(25)27-2)21-11-7-8-14-15(9-11)19(24)13-6-4-3-5-12(13)18(14)23/h3-10,21H,1-2H3/b16-10+. The largest absolute Gasteiger partial charge is 0.466 e. The van der Waals surface area contributed by atoms with Crippen LogP contribution < -0.4 is 5.32 Å². The van der Waals surface area contributed by atoms with Crippen LogP contribution in [0.15, 0.2) is 54.2 Å². The molecule has 136 valence electrons. The van der Waals surface area contributed by atoms with Crippen LogP contribution >= 0.6 is 0 Å². The predicted molar refractivity (Wildman–Crippen MR) is 95.5 cm³/mol. The molecule has 0 saturated carbocycles. The van der Waals surface area contributed by atoms with Crippen molar-refractivity contribution in [2.75, 3.05) is 19.5 Å². The first-order valence-corrected chi connectivity index (χ1v) is 7.93. The van der Waals surface area contributed by atoms with Crippen LogP contribution in [0, 0.1) is 0 Å². The normalized spacial score (nSPS) is 12.7. The van der Waals surface area contributed by atoms with Crippen molar-refractivity contribution in [2.24, 2.45) is 0 Å². The van der Waals surface area contributed by atoms with Crippen molar-refractivity contribution in [3.8, 4) is 0 Å². The van der Waals surface area contributed by atoms with Crippen LogP contribution in [-0.2, 0) is 19.1 Å². The van der Waals surface area contributed by atoms with Crippen LogP contribution in [0.1, 0.15) is 31.8 Å². The number of ketones is 2. The van der Waals surface area contributed by atoms with Crippen LogP contribution in [0.3, 0.4) is 0 Å². The van der Waals surface area contributed by atoms with E-state index in [1.54, 1.807) is 24.3 Å². The highest BCUT2D eigenvalue weighted by Crippen LogP contribution is 2.29. The van der Waals surface area contributed by atoms with E-state index in [1.165, 1.54) is 32.4 Å². The average molecular weight is 365 g/mol. The first kappa shape index (κ1) is 18.1. The summed E-state index contributed by atoms with van der Waals surface area (Å²) in [5, 5.41) is 2.73. The van der Waals surface area contributed by atoms with Gasteiger partial charge in [0.1, 0.15) is 5.70 Å². The van der Waals surface area contributed by atoms with E-state index in [1.807, 2.05) is 0 Å². The highest BCUT2D eigenvalue weighted by Gasteiger charge is 2.29. The highest BCUT2D eigenvalue weighted by atomic mass is 16.5. The number of rotatable bonds is 4. The Morgan fingerprint density at radius 2 is 1.44 bits per heavy atom. The van der Waals surface area contributed by atoms with Gasteiger partial charge in [-0.25, -0.2) is 9.59 Å². The number of nitrogens with one attached hydrogen (secondary N) is 1. The summed E-state index contributed by atoms with van der Waals surface area (Å²) < 4.78 is 9.14. The average Bonchev–Trinajstić information content (AvgIpc) is 2.70. The van der Waals surface area contributed by atoms with Gasteiger partial charge in [-0.2, -0.15) is 0 Å². The third-order valence-electron chi connectivity index (χ3n) is 4.07. The van der Waals surface area contributed by atoms with Gasteiger partial charge in [-0.1, -0.05) is 24.3 Å². The minimum absolute atomic E-state index is 0.167. The lowest BCUT2D eigenvalue weighted by atomic mass is 9.84. The van der Waals surface area contributed by atoms with Crippen LogP contribution in [0.5, 0.6) is 0 Å². The summed E-state index contributed by atoms with van der Waals surface area (Å²) in [5.41, 5.74) is 1.35. The molecule has 2 aromatic rings. The molecule has 1 N–H and O–H groups in total. The number of anilines is 1. The van der Waals surface area contributed by atoms with Crippen LogP contribution in [0.4, 0.5) is 5.69 Å². The summed E-state index contributed by atoms with van der Waals surface area (Å²) in [6.07, 6.45) is 0.938. The SMILES string of the molecule is COC(=O)/C=C(/Nc1ccc2c(c1)C(=O)c1ccccc1C2=O)C(=O)OC. The summed E-state index contributed by atoms with van der Waals surface area (Å²) >= 11 is 0. The molecule has 0 atom stereocenters. The number of carbonyl (C=O) groups excluding carboxylic acids is 4. The van der Waals surface area contributed by atoms with Crippen molar-refractivity contribution < 1.29 is 28.7 Å². The Labute approximate surface area is 154 Å². The van der Waals surface area contributed by atoms with Gasteiger partial charge in [-0.3, -0.25) is 9.59 Å². The molecule has 0 aromatic heterocycles. The molecule has 1 aliphatic rings. The second-order valence-electron chi connectivity index (χ2n) is 5.66. The maximum atomic E-state index is 12.7. The third-order valence-corrected chi connectivity index (χ3v) is 4.07. The zero-order valence-electron chi connectivity index (χ0n) is 14.6. The summed E-state index contributed by atoms with van der Waals surface area (Å²) in [5.74, 6) is -2.07. The lowest BCUT2D eigenvalue weighted by Gasteiger charge is -2.18. The minimum atomic E-state index is -0.786.